The first kappa shape index (κ1) is 23.4. The molecule has 1 aromatic heterocycles. The van der Waals surface area contributed by atoms with Crippen molar-refractivity contribution >= 4 is 29.2 Å². The summed E-state index contributed by atoms with van der Waals surface area (Å²) in [6, 6.07) is 10.8. The molecule has 1 fully saturated rings. The lowest BCUT2D eigenvalue weighted by molar-refractivity contribution is 0.220. The van der Waals surface area contributed by atoms with Crippen LogP contribution in [0.15, 0.2) is 29.4 Å². The fourth-order valence-electron chi connectivity index (χ4n) is 5.14. The fourth-order valence-corrected chi connectivity index (χ4v) is 5.74. The fraction of sp³-hybridized carbons (Fsp3) is 0.560. The van der Waals surface area contributed by atoms with Crippen LogP contribution in [-0.4, -0.2) is 53.8 Å². The highest BCUT2D eigenvalue weighted by Gasteiger charge is 2.33. The van der Waals surface area contributed by atoms with Gasteiger partial charge in [-0.05, 0) is 56.5 Å². The van der Waals surface area contributed by atoms with Gasteiger partial charge < -0.3 is 4.90 Å². The van der Waals surface area contributed by atoms with E-state index in [1.165, 1.54) is 16.8 Å². The number of hydrogen-bond acceptors (Lipinski definition) is 6. The summed E-state index contributed by atoms with van der Waals surface area (Å²) in [6.45, 7) is 5.08. The summed E-state index contributed by atoms with van der Waals surface area (Å²) in [4.78, 5) is 14.7. The van der Waals surface area contributed by atoms with Gasteiger partial charge in [-0.15, -0.1) is 0 Å². The second kappa shape index (κ2) is 10.4. The molecule has 2 aliphatic rings. The lowest BCUT2D eigenvalue weighted by atomic mass is 9.76. The number of fused-ring (bicyclic) bond motifs is 1. The summed E-state index contributed by atoms with van der Waals surface area (Å²) >= 11 is 8.02. The minimum atomic E-state index is 0.251. The van der Waals surface area contributed by atoms with Crippen LogP contribution < -0.4 is 4.90 Å². The van der Waals surface area contributed by atoms with Crippen LogP contribution >= 0.6 is 23.4 Å². The predicted molar refractivity (Wildman–Crippen MR) is 133 cm³/mol. The quantitative estimate of drug-likeness (QED) is 0.429. The maximum atomic E-state index is 9.25. The van der Waals surface area contributed by atoms with Gasteiger partial charge in [-0.2, -0.15) is 5.26 Å². The standard InChI is InChI=1S/C25H32ClN5S/c1-17-18(8-9-19-6-4-5-7-22(19)26)10-11-21-23(17)28-25(32-3)29-24(21)31-15-14-30(2)20(16-31)12-13-27/h4-7,17-18,20H,8-12,14-16H2,1-3H3. The Morgan fingerprint density at radius 2 is 2.06 bits per heavy atom. The van der Waals surface area contributed by atoms with E-state index in [1.54, 1.807) is 11.8 Å². The van der Waals surface area contributed by atoms with E-state index in [0.717, 1.165) is 61.3 Å². The molecule has 1 aromatic carbocycles. The highest BCUT2D eigenvalue weighted by Crippen LogP contribution is 2.41. The monoisotopic (exact) mass is 469 g/mol. The molecule has 2 heterocycles. The van der Waals surface area contributed by atoms with Gasteiger partial charge in [-0.1, -0.05) is 48.5 Å². The molecule has 3 unspecified atom stereocenters. The number of likely N-dealkylation sites (N-methyl/N-ethyl adjacent to an activating group) is 1. The molecule has 1 aliphatic heterocycles. The second-order valence-electron chi connectivity index (χ2n) is 9.06. The van der Waals surface area contributed by atoms with Crippen LogP contribution in [0, 0.1) is 17.2 Å². The highest BCUT2D eigenvalue weighted by atomic mass is 35.5. The SMILES string of the molecule is CSc1nc2c(c(N3CCN(C)C(CC#N)C3)n1)CCC(CCc1ccccc1Cl)C2C. The number of piperazine rings is 1. The molecule has 0 bridgehead atoms. The zero-order valence-corrected chi connectivity index (χ0v) is 20.8. The average Bonchev–Trinajstić information content (AvgIpc) is 2.80. The number of thioether (sulfide) groups is 1. The van der Waals surface area contributed by atoms with Crippen LogP contribution in [0.5, 0.6) is 0 Å². The van der Waals surface area contributed by atoms with E-state index in [1.807, 2.05) is 12.1 Å². The summed E-state index contributed by atoms with van der Waals surface area (Å²) in [7, 11) is 2.12. The Kier molecular flexibility index (Phi) is 7.60. The Hall–Kier alpha value is -1.81. The van der Waals surface area contributed by atoms with Gasteiger partial charge >= 0.3 is 0 Å². The van der Waals surface area contributed by atoms with Crippen LogP contribution in [-0.2, 0) is 12.8 Å². The summed E-state index contributed by atoms with van der Waals surface area (Å²) in [5.41, 5.74) is 3.79. The Morgan fingerprint density at radius 1 is 1.25 bits per heavy atom. The molecule has 4 rings (SSSR count). The smallest absolute Gasteiger partial charge is 0.189 e. The van der Waals surface area contributed by atoms with Crippen LogP contribution in [0.25, 0.3) is 0 Å². The first-order valence-electron chi connectivity index (χ1n) is 11.5. The largest absolute Gasteiger partial charge is 0.353 e. The number of nitriles is 1. The minimum Gasteiger partial charge on any atom is -0.353 e. The molecule has 0 saturated carbocycles. The summed E-state index contributed by atoms with van der Waals surface area (Å²) in [5.74, 6) is 2.10. The summed E-state index contributed by atoms with van der Waals surface area (Å²) < 4.78 is 0. The van der Waals surface area contributed by atoms with Gasteiger partial charge in [0.1, 0.15) is 5.82 Å². The first-order valence-corrected chi connectivity index (χ1v) is 13.1. The summed E-state index contributed by atoms with van der Waals surface area (Å²) in [5, 5.41) is 11.0. The van der Waals surface area contributed by atoms with Gasteiger partial charge in [0, 0.05) is 42.2 Å². The molecule has 2 aromatic rings. The Bertz CT molecular complexity index is 991. The van der Waals surface area contributed by atoms with Gasteiger partial charge in [0.25, 0.3) is 0 Å². The van der Waals surface area contributed by atoms with E-state index in [2.05, 4.69) is 48.2 Å². The molecule has 32 heavy (non-hydrogen) atoms. The van der Waals surface area contributed by atoms with Crippen molar-refractivity contribution in [3.8, 4) is 6.07 Å². The normalized spacial score (nSPS) is 23.6. The number of rotatable bonds is 6. The first-order chi connectivity index (χ1) is 15.5. The lowest BCUT2D eigenvalue weighted by Crippen LogP contribution is -2.52. The third-order valence-electron chi connectivity index (χ3n) is 7.23. The van der Waals surface area contributed by atoms with Gasteiger partial charge in [0.15, 0.2) is 5.16 Å². The Morgan fingerprint density at radius 3 is 2.81 bits per heavy atom. The Balaban J connectivity index is 1.57. The van der Waals surface area contributed by atoms with Crippen LogP contribution in [0.2, 0.25) is 5.02 Å². The molecule has 1 saturated heterocycles. The predicted octanol–water partition coefficient (Wildman–Crippen LogP) is 5.18. The van der Waals surface area contributed by atoms with E-state index in [-0.39, 0.29) is 6.04 Å². The number of anilines is 1. The van der Waals surface area contributed by atoms with E-state index in [0.29, 0.717) is 18.3 Å². The Labute approximate surface area is 201 Å². The van der Waals surface area contributed by atoms with Gasteiger partial charge in [-0.25, -0.2) is 9.97 Å². The molecule has 5 nitrogen and oxygen atoms in total. The van der Waals surface area contributed by atoms with Crippen LogP contribution in [0.3, 0.4) is 0 Å². The molecule has 0 N–H and O–H groups in total. The van der Waals surface area contributed by atoms with Crippen molar-refractivity contribution in [3.05, 3.63) is 46.1 Å². The van der Waals surface area contributed by atoms with Crippen molar-refractivity contribution in [1.82, 2.24) is 14.9 Å². The van der Waals surface area contributed by atoms with E-state index < -0.39 is 0 Å². The zero-order chi connectivity index (χ0) is 22.7. The minimum absolute atomic E-state index is 0.251. The van der Waals surface area contributed by atoms with Crippen LogP contribution in [0.1, 0.15) is 48.9 Å². The van der Waals surface area contributed by atoms with Gasteiger partial charge in [-0.3, -0.25) is 4.90 Å². The van der Waals surface area contributed by atoms with Crippen molar-refractivity contribution < 1.29 is 0 Å². The molecule has 0 spiro atoms. The van der Waals surface area contributed by atoms with Crippen molar-refractivity contribution in [2.75, 3.05) is 37.8 Å². The number of hydrogen-bond donors (Lipinski definition) is 0. The summed E-state index contributed by atoms with van der Waals surface area (Å²) in [6.07, 6.45) is 6.91. The zero-order valence-electron chi connectivity index (χ0n) is 19.2. The van der Waals surface area contributed by atoms with Crippen molar-refractivity contribution in [1.29, 1.82) is 5.26 Å². The topological polar surface area (TPSA) is 56.1 Å². The van der Waals surface area contributed by atoms with Crippen molar-refractivity contribution in [2.45, 2.75) is 56.1 Å². The highest BCUT2D eigenvalue weighted by molar-refractivity contribution is 7.98. The van der Waals surface area contributed by atoms with E-state index in [9.17, 15) is 5.26 Å². The third kappa shape index (κ3) is 4.90. The molecule has 170 valence electrons. The van der Waals surface area contributed by atoms with E-state index in [4.69, 9.17) is 21.6 Å². The lowest BCUT2D eigenvalue weighted by Gasteiger charge is -2.41. The van der Waals surface area contributed by atoms with Crippen LogP contribution in [0.4, 0.5) is 5.82 Å². The second-order valence-corrected chi connectivity index (χ2v) is 10.2. The average molecular weight is 470 g/mol. The molecule has 0 radical (unpaired) electrons. The van der Waals surface area contributed by atoms with Gasteiger partial charge in [0.05, 0.1) is 18.2 Å². The molecular weight excluding hydrogens is 438 g/mol. The molecule has 7 heteroatoms. The third-order valence-corrected chi connectivity index (χ3v) is 8.15. The van der Waals surface area contributed by atoms with Crippen molar-refractivity contribution in [3.63, 3.8) is 0 Å². The number of nitrogens with zero attached hydrogens (tertiary/aromatic N) is 5. The number of aromatic nitrogens is 2. The molecular formula is C25H32ClN5S. The molecule has 1 aliphatic carbocycles. The maximum Gasteiger partial charge on any atom is 0.189 e. The molecule has 0 amide bonds. The van der Waals surface area contributed by atoms with Gasteiger partial charge in [0.2, 0.25) is 0 Å². The number of aryl methyl sites for hydroxylation is 1. The maximum absolute atomic E-state index is 9.25. The number of halogens is 1. The van der Waals surface area contributed by atoms with Crippen molar-refractivity contribution in [2.24, 2.45) is 5.92 Å². The molecule has 3 atom stereocenters. The number of benzene rings is 1. The van der Waals surface area contributed by atoms with E-state index >= 15 is 0 Å².